The molecule has 2 aromatic carbocycles. The lowest BCUT2D eigenvalue weighted by molar-refractivity contribution is 0.277. The van der Waals surface area contributed by atoms with Crippen molar-refractivity contribution < 1.29 is 9.84 Å². The molecule has 4 heteroatoms. The minimum atomic E-state index is 0.179. The van der Waals surface area contributed by atoms with Crippen LogP contribution in [0.4, 0.5) is 0 Å². The summed E-state index contributed by atoms with van der Waals surface area (Å²) in [6, 6.07) is 18.1. The average Bonchev–Trinajstić information content (AvgIpc) is 3.08. The van der Waals surface area contributed by atoms with E-state index in [0.29, 0.717) is 13.0 Å². The molecule has 3 aromatic rings. The highest BCUT2D eigenvalue weighted by Gasteiger charge is 2.04. The fraction of sp³-hybridized carbons (Fsp3) is 0.211. The highest BCUT2D eigenvalue weighted by Crippen LogP contribution is 2.24. The predicted molar refractivity (Wildman–Crippen MR) is 90.1 cm³/mol. The summed E-state index contributed by atoms with van der Waals surface area (Å²) < 4.78 is 7.72. The van der Waals surface area contributed by atoms with Gasteiger partial charge in [-0.3, -0.25) is 4.68 Å². The zero-order valence-corrected chi connectivity index (χ0v) is 12.9. The molecule has 0 unspecified atom stereocenters. The lowest BCUT2D eigenvalue weighted by atomic mass is 10.1. The van der Waals surface area contributed by atoms with Crippen molar-refractivity contribution >= 4 is 0 Å². The fourth-order valence-corrected chi connectivity index (χ4v) is 2.37. The zero-order valence-electron chi connectivity index (χ0n) is 12.9. The molecule has 0 spiro atoms. The molecule has 1 heterocycles. The van der Waals surface area contributed by atoms with E-state index in [1.807, 2.05) is 59.5 Å². The third-order valence-corrected chi connectivity index (χ3v) is 3.59. The van der Waals surface area contributed by atoms with Gasteiger partial charge in [-0.1, -0.05) is 42.5 Å². The van der Waals surface area contributed by atoms with Gasteiger partial charge in [0.2, 0.25) is 0 Å². The van der Waals surface area contributed by atoms with E-state index in [2.05, 4.69) is 17.2 Å². The van der Waals surface area contributed by atoms with Crippen LogP contribution in [0.5, 0.6) is 5.75 Å². The molecular weight excluding hydrogens is 288 g/mol. The van der Waals surface area contributed by atoms with E-state index < -0.39 is 0 Å². The van der Waals surface area contributed by atoms with Crippen LogP contribution in [-0.4, -0.2) is 21.5 Å². The van der Waals surface area contributed by atoms with Gasteiger partial charge in [-0.2, -0.15) is 5.10 Å². The third kappa shape index (κ3) is 4.20. The monoisotopic (exact) mass is 308 g/mol. The van der Waals surface area contributed by atoms with Crippen LogP contribution in [0.15, 0.2) is 67.0 Å². The molecule has 0 bridgehead atoms. The molecule has 3 rings (SSSR count). The number of hydrogen-bond acceptors (Lipinski definition) is 3. The first-order valence-electron chi connectivity index (χ1n) is 7.75. The van der Waals surface area contributed by atoms with Crippen molar-refractivity contribution in [3.05, 3.63) is 72.6 Å². The first-order chi connectivity index (χ1) is 11.3. The quantitative estimate of drug-likeness (QED) is 0.726. The van der Waals surface area contributed by atoms with E-state index in [-0.39, 0.29) is 6.61 Å². The molecule has 118 valence electrons. The van der Waals surface area contributed by atoms with Gasteiger partial charge in [0.25, 0.3) is 0 Å². The molecule has 0 amide bonds. The molecule has 0 saturated carbocycles. The number of hydrogen-bond donors (Lipinski definition) is 1. The molecule has 0 aliphatic rings. The van der Waals surface area contributed by atoms with Gasteiger partial charge in [0.1, 0.15) is 12.4 Å². The molecule has 1 aromatic heterocycles. The van der Waals surface area contributed by atoms with E-state index in [1.54, 1.807) is 0 Å². The van der Waals surface area contributed by atoms with Gasteiger partial charge in [-0.25, -0.2) is 0 Å². The Bertz CT molecular complexity index is 738. The summed E-state index contributed by atoms with van der Waals surface area (Å²) in [5.41, 5.74) is 3.27. The smallest absolute Gasteiger partial charge is 0.120 e. The lowest BCUT2D eigenvalue weighted by Crippen LogP contribution is -1.99. The van der Waals surface area contributed by atoms with Crippen LogP contribution in [0.2, 0.25) is 0 Å². The Hall–Kier alpha value is -2.59. The Morgan fingerprint density at radius 2 is 1.87 bits per heavy atom. The molecule has 23 heavy (non-hydrogen) atoms. The van der Waals surface area contributed by atoms with Crippen molar-refractivity contribution in [2.75, 3.05) is 6.61 Å². The minimum absolute atomic E-state index is 0.179. The normalized spacial score (nSPS) is 10.7. The predicted octanol–water partition coefficient (Wildman–Crippen LogP) is 3.51. The van der Waals surface area contributed by atoms with Crippen LogP contribution in [0.1, 0.15) is 12.0 Å². The molecule has 0 saturated heterocycles. The topological polar surface area (TPSA) is 47.3 Å². The number of aryl methyl sites for hydroxylation is 1. The van der Waals surface area contributed by atoms with Crippen LogP contribution in [-0.2, 0) is 13.2 Å². The van der Waals surface area contributed by atoms with Crippen molar-refractivity contribution in [3.8, 4) is 16.9 Å². The van der Waals surface area contributed by atoms with E-state index in [4.69, 9.17) is 9.84 Å². The third-order valence-electron chi connectivity index (χ3n) is 3.59. The molecule has 0 atom stereocenters. The first kappa shape index (κ1) is 15.3. The summed E-state index contributed by atoms with van der Waals surface area (Å²) in [6.07, 6.45) is 4.54. The maximum absolute atomic E-state index is 8.88. The van der Waals surface area contributed by atoms with Gasteiger partial charge >= 0.3 is 0 Å². The zero-order chi connectivity index (χ0) is 15.9. The van der Waals surface area contributed by atoms with E-state index in [0.717, 1.165) is 29.0 Å². The number of aromatic nitrogens is 2. The molecule has 0 aliphatic carbocycles. The number of rotatable bonds is 7. The summed E-state index contributed by atoms with van der Waals surface area (Å²) in [4.78, 5) is 0. The molecule has 0 aliphatic heterocycles. The van der Waals surface area contributed by atoms with E-state index in [9.17, 15) is 0 Å². The second kappa shape index (κ2) is 7.61. The minimum Gasteiger partial charge on any atom is -0.489 e. The van der Waals surface area contributed by atoms with Gasteiger partial charge in [0.05, 0.1) is 6.20 Å². The number of ether oxygens (including phenoxy) is 1. The van der Waals surface area contributed by atoms with Crippen LogP contribution in [0.25, 0.3) is 11.1 Å². The first-order valence-corrected chi connectivity index (χ1v) is 7.75. The van der Waals surface area contributed by atoms with Gasteiger partial charge in [0, 0.05) is 24.9 Å². The largest absolute Gasteiger partial charge is 0.489 e. The lowest BCUT2D eigenvalue weighted by Gasteiger charge is -2.07. The second-order valence-corrected chi connectivity index (χ2v) is 5.37. The number of nitrogens with zero attached hydrogens (tertiary/aromatic N) is 2. The number of benzene rings is 2. The Kier molecular flexibility index (Phi) is 5.06. The maximum Gasteiger partial charge on any atom is 0.120 e. The Labute approximate surface area is 136 Å². The molecule has 0 fully saturated rings. The van der Waals surface area contributed by atoms with Crippen molar-refractivity contribution in [3.63, 3.8) is 0 Å². The Morgan fingerprint density at radius 1 is 1.00 bits per heavy atom. The van der Waals surface area contributed by atoms with Gasteiger partial charge in [0.15, 0.2) is 0 Å². The van der Waals surface area contributed by atoms with Crippen molar-refractivity contribution in [1.82, 2.24) is 9.78 Å². The average molecular weight is 308 g/mol. The highest BCUT2D eigenvalue weighted by molar-refractivity contribution is 5.63. The molecule has 1 N–H and O–H groups in total. The second-order valence-electron chi connectivity index (χ2n) is 5.37. The van der Waals surface area contributed by atoms with Crippen LogP contribution in [0.3, 0.4) is 0 Å². The van der Waals surface area contributed by atoms with E-state index in [1.165, 1.54) is 0 Å². The van der Waals surface area contributed by atoms with Crippen molar-refractivity contribution in [2.24, 2.45) is 0 Å². The number of aliphatic hydroxyl groups excluding tert-OH is 1. The summed E-state index contributed by atoms with van der Waals surface area (Å²) >= 11 is 0. The van der Waals surface area contributed by atoms with Crippen LogP contribution < -0.4 is 4.74 Å². The van der Waals surface area contributed by atoms with E-state index >= 15 is 0 Å². The van der Waals surface area contributed by atoms with Gasteiger partial charge in [-0.15, -0.1) is 0 Å². The Morgan fingerprint density at radius 3 is 2.70 bits per heavy atom. The van der Waals surface area contributed by atoms with Crippen molar-refractivity contribution in [2.45, 2.75) is 19.6 Å². The van der Waals surface area contributed by atoms with Crippen molar-refractivity contribution in [1.29, 1.82) is 0 Å². The highest BCUT2D eigenvalue weighted by atomic mass is 16.5. The Balaban J connectivity index is 1.68. The molecular formula is C19H20N2O2. The molecule has 4 nitrogen and oxygen atoms in total. The van der Waals surface area contributed by atoms with Crippen LogP contribution >= 0.6 is 0 Å². The molecule has 0 radical (unpaired) electrons. The summed E-state index contributed by atoms with van der Waals surface area (Å²) in [7, 11) is 0. The van der Waals surface area contributed by atoms with Gasteiger partial charge in [-0.05, 0) is 29.7 Å². The standard InChI is InChI=1S/C19H20N2O2/c22-11-5-10-21-14-18(13-20-21)17-8-4-9-19(12-17)23-15-16-6-2-1-3-7-16/h1-4,6-9,12-14,22H,5,10-11,15H2. The summed E-state index contributed by atoms with van der Waals surface area (Å²) in [5.74, 6) is 0.842. The fourth-order valence-electron chi connectivity index (χ4n) is 2.37. The SMILES string of the molecule is OCCCn1cc(-c2cccc(OCc3ccccc3)c2)cn1. The van der Waals surface area contributed by atoms with Gasteiger partial charge < -0.3 is 9.84 Å². The maximum atomic E-state index is 8.88. The summed E-state index contributed by atoms with van der Waals surface area (Å²) in [5, 5.41) is 13.2. The number of aliphatic hydroxyl groups is 1. The summed E-state index contributed by atoms with van der Waals surface area (Å²) in [6.45, 7) is 1.46. The van der Waals surface area contributed by atoms with Crippen LogP contribution in [0, 0.1) is 0 Å².